The molecule has 3 atom stereocenters. The fourth-order valence-corrected chi connectivity index (χ4v) is 3.31. The molecule has 0 aliphatic carbocycles. The second kappa shape index (κ2) is 7.25. The minimum atomic E-state index is 0.0365. The van der Waals surface area contributed by atoms with Gasteiger partial charge in [0.25, 0.3) is 0 Å². The Morgan fingerprint density at radius 3 is 2.79 bits per heavy atom. The molecule has 2 aliphatic heterocycles. The number of hydrogen-bond acceptors (Lipinski definition) is 3. The van der Waals surface area contributed by atoms with Crippen LogP contribution in [0.5, 0.6) is 0 Å². The molecule has 2 fully saturated rings. The van der Waals surface area contributed by atoms with E-state index in [0.717, 1.165) is 51.7 Å². The second-order valence-corrected chi connectivity index (χ2v) is 5.86. The van der Waals surface area contributed by atoms with Crippen LogP contribution in [-0.2, 0) is 9.53 Å². The molecule has 1 amide bonds. The Hall–Kier alpha value is -0.610. The Balaban J connectivity index is 1.81. The van der Waals surface area contributed by atoms with E-state index in [4.69, 9.17) is 4.74 Å². The van der Waals surface area contributed by atoms with Gasteiger partial charge in [-0.15, -0.1) is 0 Å². The van der Waals surface area contributed by atoms with Gasteiger partial charge < -0.3 is 15.4 Å². The van der Waals surface area contributed by atoms with Crippen molar-refractivity contribution in [3.05, 3.63) is 0 Å². The maximum atomic E-state index is 12.1. The van der Waals surface area contributed by atoms with Crippen molar-refractivity contribution in [1.29, 1.82) is 0 Å². The van der Waals surface area contributed by atoms with Crippen LogP contribution < -0.4 is 10.6 Å². The molecule has 3 unspecified atom stereocenters. The van der Waals surface area contributed by atoms with Crippen molar-refractivity contribution in [2.24, 2.45) is 5.92 Å². The van der Waals surface area contributed by atoms with E-state index in [1.807, 2.05) is 0 Å². The molecule has 2 rings (SSSR count). The quantitative estimate of drug-likeness (QED) is 0.800. The van der Waals surface area contributed by atoms with Gasteiger partial charge in [-0.2, -0.15) is 0 Å². The van der Waals surface area contributed by atoms with Crippen LogP contribution in [0.3, 0.4) is 0 Å². The first-order valence-electron chi connectivity index (χ1n) is 7.90. The molecule has 2 saturated heterocycles. The molecule has 2 aliphatic rings. The summed E-state index contributed by atoms with van der Waals surface area (Å²) in [7, 11) is 0. The fourth-order valence-electron chi connectivity index (χ4n) is 3.31. The summed E-state index contributed by atoms with van der Waals surface area (Å²) in [5.74, 6) is 0.817. The topological polar surface area (TPSA) is 50.4 Å². The Kier molecular flexibility index (Phi) is 5.64. The van der Waals surface area contributed by atoms with Gasteiger partial charge in [-0.3, -0.25) is 4.79 Å². The van der Waals surface area contributed by atoms with Crippen molar-refractivity contribution < 1.29 is 9.53 Å². The smallest absolute Gasteiger partial charge is 0.237 e. The molecule has 0 aromatic rings. The first-order valence-corrected chi connectivity index (χ1v) is 7.90. The Bertz CT molecular complexity index is 286. The highest BCUT2D eigenvalue weighted by Crippen LogP contribution is 2.25. The molecule has 0 spiro atoms. The summed E-state index contributed by atoms with van der Waals surface area (Å²) in [6.07, 6.45) is 6.66. The molecule has 2 heterocycles. The molecule has 4 heteroatoms. The zero-order valence-corrected chi connectivity index (χ0v) is 12.3. The first kappa shape index (κ1) is 14.8. The van der Waals surface area contributed by atoms with Gasteiger partial charge in [0.2, 0.25) is 5.91 Å². The lowest BCUT2D eigenvalue weighted by atomic mass is 9.89. The van der Waals surface area contributed by atoms with Gasteiger partial charge in [0.05, 0.1) is 12.1 Å². The molecule has 0 radical (unpaired) electrons. The van der Waals surface area contributed by atoms with E-state index in [-0.39, 0.29) is 11.9 Å². The molecule has 0 aromatic carbocycles. The van der Waals surface area contributed by atoms with Crippen LogP contribution in [-0.4, -0.2) is 37.2 Å². The molecule has 110 valence electrons. The van der Waals surface area contributed by atoms with Crippen LogP contribution in [0.2, 0.25) is 0 Å². The van der Waals surface area contributed by atoms with E-state index in [0.29, 0.717) is 18.1 Å². The lowest BCUT2D eigenvalue weighted by Gasteiger charge is -2.34. The minimum absolute atomic E-state index is 0.0365. The first-order chi connectivity index (χ1) is 9.24. The predicted octanol–water partition coefficient (Wildman–Crippen LogP) is 1.84. The highest BCUT2D eigenvalue weighted by molar-refractivity contribution is 5.82. The van der Waals surface area contributed by atoms with Crippen molar-refractivity contribution in [1.82, 2.24) is 10.6 Å². The maximum Gasteiger partial charge on any atom is 0.237 e. The summed E-state index contributed by atoms with van der Waals surface area (Å²) in [5, 5.41) is 6.47. The van der Waals surface area contributed by atoms with Crippen molar-refractivity contribution in [2.75, 3.05) is 13.2 Å². The standard InChI is InChI=1S/C15H28N2O2/c1-3-11(4-2)14-10-12(7-9-19-14)17-15(18)13-6-5-8-16-13/h11-14,16H,3-10H2,1-2H3,(H,17,18). The number of carbonyl (C=O) groups excluding carboxylic acids is 1. The van der Waals surface area contributed by atoms with Gasteiger partial charge >= 0.3 is 0 Å². The zero-order valence-electron chi connectivity index (χ0n) is 12.3. The van der Waals surface area contributed by atoms with Crippen molar-refractivity contribution in [3.63, 3.8) is 0 Å². The van der Waals surface area contributed by atoms with Gasteiger partial charge in [-0.05, 0) is 38.1 Å². The van der Waals surface area contributed by atoms with Gasteiger partial charge in [-0.25, -0.2) is 0 Å². The molecule has 0 aromatic heterocycles. The number of ether oxygens (including phenoxy) is 1. The lowest BCUT2D eigenvalue weighted by Crippen LogP contribution is -2.49. The number of nitrogens with one attached hydrogen (secondary N) is 2. The van der Waals surface area contributed by atoms with Gasteiger partial charge in [0.1, 0.15) is 0 Å². The third kappa shape index (κ3) is 3.93. The van der Waals surface area contributed by atoms with E-state index in [1.54, 1.807) is 0 Å². The van der Waals surface area contributed by atoms with Crippen molar-refractivity contribution >= 4 is 5.91 Å². The Morgan fingerprint density at radius 1 is 1.37 bits per heavy atom. The maximum absolute atomic E-state index is 12.1. The molecule has 2 N–H and O–H groups in total. The number of hydrogen-bond donors (Lipinski definition) is 2. The van der Waals surface area contributed by atoms with Gasteiger partial charge in [0.15, 0.2) is 0 Å². The summed E-state index contributed by atoms with van der Waals surface area (Å²) in [6.45, 7) is 6.21. The average molecular weight is 268 g/mol. The summed E-state index contributed by atoms with van der Waals surface area (Å²) >= 11 is 0. The Morgan fingerprint density at radius 2 is 2.16 bits per heavy atom. The van der Waals surface area contributed by atoms with E-state index < -0.39 is 0 Å². The summed E-state index contributed by atoms with van der Waals surface area (Å²) in [5.41, 5.74) is 0. The highest BCUT2D eigenvalue weighted by Gasteiger charge is 2.30. The molecular weight excluding hydrogens is 240 g/mol. The summed E-state index contributed by atoms with van der Waals surface area (Å²) in [6, 6.07) is 0.337. The summed E-state index contributed by atoms with van der Waals surface area (Å²) < 4.78 is 5.89. The van der Waals surface area contributed by atoms with Crippen LogP contribution >= 0.6 is 0 Å². The third-order valence-electron chi connectivity index (χ3n) is 4.61. The molecule has 0 saturated carbocycles. The third-order valence-corrected chi connectivity index (χ3v) is 4.61. The van der Waals surface area contributed by atoms with Gasteiger partial charge in [0, 0.05) is 12.6 Å². The van der Waals surface area contributed by atoms with Crippen LogP contribution in [0.25, 0.3) is 0 Å². The van der Waals surface area contributed by atoms with E-state index in [9.17, 15) is 4.79 Å². The zero-order chi connectivity index (χ0) is 13.7. The second-order valence-electron chi connectivity index (χ2n) is 5.86. The largest absolute Gasteiger partial charge is 0.378 e. The molecular formula is C15H28N2O2. The van der Waals surface area contributed by atoms with Crippen molar-refractivity contribution in [3.8, 4) is 0 Å². The number of amides is 1. The van der Waals surface area contributed by atoms with Crippen LogP contribution in [0, 0.1) is 5.92 Å². The monoisotopic (exact) mass is 268 g/mol. The summed E-state index contributed by atoms with van der Waals surface area (Å²) in [4.78, 5) is 12.1. The highest BCUT2D eigenvalue weighted by atomic mass is 16.5. The fraction of sp³-hybridized carbons (Fsp3) is 0.933. The number of rotatable bonds is 5. The lowest BCUT2D eigenvalue weighted by molar-refractivity contribution is -0.125. The number of carbonyl (C=O) groups is 1. The minimum Gasteiger partial charge on any atom is -0.378 e. The van der Waals surface area contributed by atoms with Crippen LogP contribution in [0.15, 0.2) is 0 Å². The molecule has 0 bridgehead atoms. The molecule has 19 heavy (non-hydrogen) atoms. The predicted molar refractivity (Wildman–Crippen MR) is 76.0 cm³/mol. The van der Waals surface area contributed by atoms with E-state index in [2.05, 4.69) is 24.5 Å². The van der Waals surface area contributed by atoms with E-state index >= 15 is 0 Å². The normalized spacial score (nSPS) is 31.6. The Labute approximate surface area is 116 Å². The molecule has 4 nitrogen and oxygen atoms in total. The SMILES string of the molecule is CCC(CC)C1CC(NC(=O)C2CCCN2)CCO1. The van der Waals surface area contributed by atoms with Crippen LogP contribution in [0.1, 0.15) is 52.4 Å². The average Bonchev–Trinajstić information content (AvgIpc) is 2.94. The van der Waals surface area contributed by atoms with Crippen LogP contribution in [0.4, 0.5) is 0 Å². The van der Waals surface area contributed by atoms with Crippen molar-refractivity contribution in [2.45, 2.75) is 70.6 Å². The van der Waals surface area contributed by atoms with Gasteiger partial charge in [-0.1, -0.05) is 26.7 Å². The van der Waals surface area contributed by atoms with E-state index in [1.165, 1.54) is 0 Å².